The van der Waals surface area contributed by atoms with E-state index in [0.29, 0.717) is 12.0 Å². The van der Waals surface area contributed by atoms with Crippen molar-refractivity contribution in [2.24, 2.45) is 0 Å². The predicted octanol–water partition coefficient (Wildman–Crippen LogP) is 1.46. The number of nitrogens with one attached hydrogen (secondary N) is 2. The average Bonchev–Trinajstić information content (AvgIpc) is 2.35. The van der Waals surface area contributed by atoms with Crippen molar-refractivity contribution < 1.29 is 14.7 Å². The van der Waals surface area contributed by atoms with Gasteiger partial charge in [-0.2, -0.15) is 0 Å². The van der Waals surface area contributed by atoms with E-state index >= 15 is 0 Å². The Balaban J connectivity index is 2.47. The molecule has 20 heavy (non-hydrogen) atoms. The van der Waals surface area contributed by atoms with Gasteiger partial charge in [-0.15, -0.1) is 0 Å². The molecule has 110 valence electrons. The molecule has 1 aromatic carbocycles. The van der Waals surface area contributed by atoms with Crippen LogP contribution in [0.3, 0.4) is 0 Å². The van der Waals surface area contributed by atoms with Gasteiger partial charge in [0.1, 0.15) is 0 Å². The van der Waals surface area contributed by atoms with Crippen molar-refractivity contribution in [1.29, 1.82) is 0 Å². The van der Waals surface area contributed by atoms with E-state index in [4.69, 9.17) is 5.11 Å². The molecular weight excluding hydrogens is 324 g/mol. The van der Waals surface area contributed by atoms with Crippen LogP contribution in [0.2, 0.25) is 0 Å². The Morgan fingerprint density at radius 3 is 2.65 bits per heavy atom. The molecule has 0 aromatic heterocycles. The maximum atomic E-state index is 11.8. The molecule has 0 aliphatic carbocycles. The van der Waals surface area contributed by atoms with Crippen LogP contribution in [-0.2, 0) is 4.79 Å². The molecule has 0 heterocycles. The van der Waals surface area contributed by atoms with Crippen LogP contribution < -0.4 is 10.6 Å². The highest BCUT2D eigenvalue weighted by molar-refractivity contribution is 9.10. The second-order valence-electron chi connectivity index (χ2n) is 5.10. The van der Waals surface area contributed by atoms with Gasteiger partial charge in [-0.05, 0) is 38.5 Å². The van der Waals surface area contributed by atoms with Crippen molar-refractivity contribution in [2.75, 3.05) is 13.2 Å². The normalized spacial score (nSPS) is 11.0. The molecule has 2 amide bonds. The van der Waals surface area contributed by atoms with Crippen molar-refractivity contribution in [2.45, 2.75) is 25.8 Å². The summed E-state index contributed by atoms with van der Waals surface area (Å²) in [5.74, 6) is -0.590. The molecule has 0 fully saturated rings. The highest BCUT2D eigenvalue weighted by atomic mass is 79.9. The Bertz CT molecular complexity index is 489. The lowest BCUT2D eigenvalue weighted by Gasteiger charge is -2.25. The second-order valence-corrected chi connectivity index (χ2v) is 6.01. The van der Waals surface area contributed by atoms with E-state index in [0.717, 1.165) is 4.47 Å². The van der Waals surface area contributed by atoms with Gasteiger partial charge in [0.25, 0.3) is 5.91 Å². The molecule has 0 bridgehead atoms. The Kier molecular flexibility index (Phi) is 6.16. The fraction of sp³-hybridized carbons (Fsp3) is 0.429. The minimum absolute atomic E-state index is 0.00230. The fourth-order valence-electron chi connectivity index (χ4n) is 1.66. The Morgan fingerprint density at radius 2 is 2.05 bits per heavy atom. The summed E-state index contributed by atoms with van der Waals surface area (Å²) in [6, 6.07) is 6.93. The monoisotopic (exact) mass is 342 g/mol. The standard InChI is InChI=1S/C14H19BrN2O3/c1-14(2,6-7-18)17-12(19)9-16-13(20)10-4-3-5-11(15)8-10/h3-5,8,18H,6-7,9H2,1-2H3,(H,16,20)(H,17,19). The van der Waals surface area contributed by atoms with E-state index in [1.165, 1.54) is 0 Å². The van der Waals surface area contributed by atoms with E-state index < -0.39 is 5.54 Å². The number of aliphatic hydroxyl groups is 1. The lowest BCUT2D eigenvalue weighted by atomic mass is 10.0. The van der Waals surface area contributed by atoms with Gasteiger partial charge in [0.05, 0.1) is 6.54 Å². The SMILES string of the molecule is CC(C)(CCO)NC(=O)CNC(=O)c1cccc(Br)c1. The van der Waals surface area contributed by atoms with Gasteiger partial charge in [-0.1, -0.05) is 22.0 Å². The van der Waals surface area contributed by atoms with Gasteiger partial charge in [0.2, 0.25) is 5.91 Å². The molecule has 0 atom stereocenters. The van der Waals surface area contributed by atoms with Crippen LogP contribution in [0.5, 0.6) is 0 Å². The quantitative estimate of drug-likeness (QED) is 0.732. The van der Waals surface area contributed by atoms with Crippen LogP contribution in [0.4, 0.5) is 0 Å². The van der Waals surface area contributed by atoms with Crippen molar-refractivity contribution in [3.05, 3.63) is 34.3 Å². The zero-order chi connectivity index (χ0) is 15.2. The summed E-state index contributed by atoms with van der Waals surface area (Å²) in [6.07, 6.45) is 0.457. The third kappa shape index (κ3) is 5.71. The smallest absolute Gasteiger partial charge is 0.251 e. The number of hydrogen-bond acceptors (Lipinski definition) is 3. The van der Waals surface area contributed by atoms with Gasteiger partial charge < -0.3 is 15.7 Å². The van der Waals surface area contributed by atoms with E-state index in [1.807, 2.05) is 19.9 Å². The Labute approximate surface area is 126 Å². The maximum Gasteiger partial charge on any atom is 0.251 e. The van der Waals surface area contributed by atoms with E-state index in [-0.39, 0.29) is 25.0 Å². The largest absolute Gasteiger partial charge is 0.396 e. The first-order valence-electron chi connectivity index (χ1n) is 6.30. The van der Waals surface area contributed by atoms with Gasteiger partial charge in [0.15, 0.2) is 0 Å². The Morgan fingerprint density at radius 1 is 1.35 bits per heavy atom. The molecule has 3 N–H and O–H groups in total. The summed E-state index contributed by atoms with van der Waals surface area (Å²) >= 11 is 3.28. The van der Waals surface area contributed by atoms with Crippen LogP contribution in [-0.4, -0.2) is 35.6 Å². The number of hydrogen-bond donors (Lipinski definition) is 3. The van der Waals surface area contributed by atoms with Crippen molar-refractivity contribution >= 4 is 27.7 Å². The zero-order valence-corrected chi connectivity index (χ0v) is 13.2. The highest BCUT2D eigenvalue weighted by Gasteiger charge is 2.19. The van der Waals surface area contributed by atoms with Gasteiger partial charge in [-0.3, -0.25) is 9.59 Å². The molecule has 1 rings (SSSR count). The molecule has 0 aliphatic heterocycles. The van der Waals surface area contributed by atoms with Crippen LogP contribution in [0.1, 0.15) is 30.6 Å². The fourth-order valence-corrected chi connectivity index (χ4v) is 2.06. The molecule has 0 radical (unpaired) electrons. The molecule has 0 unspecified atom stereocenters. The Hall–Kier alpha value is -1.40. The minimum atomic E-state index is -0.494. The lowest BCUT2D eigenvalue weighted by Crippen LogP contribution is -2.48. The number of benzene rings is 1. The predicted molar refractivity (Wildman–Crippen MR) is 80.4 cm³/mol. The number of amides is 2. The van der Waals surface area contributed by atoms with Crippen LogP contribution >= 0.6 is 15.9 Å². The van der Waals surface area contributed by atoms with Crippen LogP contribution in [0.25, 0.3) is 0 Å². The van der Waals surface area contributed by atoms with E-state index in [2.05, 4.69) is 26.6 Å². The third-order valence-corrected chi connectivity index (χ3v) is 3.20. The summed E-state index contributed by atoms with van der Waals surface area (Å²) in [5, 5.41) is 14.2. The van der Waals surface area contributed by atoms with Crippen molar-refractivity contribution in [1.82, 2.24) is 10.6 Å². The number of rotatable bonds is 6. The molecule has 0 saturated carbocycles. The van der Waals surface area contributed by atoms with E-state index in [1.54, 1.807) is 18.2 Å². The molecule has 1 aromatic rings. The lowest BCUT2D eigenvalue weighted by molar-refractivity contribution is -0.121. The average molecular weight is 343 g/mol. The van der Waals surface area contributed by atoms with Crippen molar-refractivity contribution in [3.8, 4) is 0 Å². The summed E-state index contributed by atoms with van der Waals surface area (Å²) in [7, 11) is 0. The molecule has 0 spiro atoms. The number of carbonyl (C=O) groups is 2. The second kappa shape index (κ2) is 7.40. The summed E-state index contributed by atoms with van der Waals surface area (Å²) in [4.78, 5) is 23.6. The number of halogens is 1. The summed E-state index contributed by atoms with van der Waals surface area (Å²) in [5.41, 5.74) is -0.00594. The van der Waals surface area contributed by atoms with Crippen molar-refractivity contribution in [3.63, 3.8) is 0 Å². The minimum Gasteiger partial charge on any atom is -0.396 e. The highest BCUT2D eigenvalue weighted by Crippen LogP contribution is 2.11. The molecule has 5 nitrogen and oxygen atoms in total. The van der Waals surface area contributed by atoms with Crippen LogP contribution in [0, 0.1) is 0 Å². The van der Waals surface area contributed by atoms with Gasteiger partial charge >= 0.3 is 0 Å². The maximum absolute atomic E-state index is 11.8. The number of carbonyl (C=O) groups excluding carboxylic acids is 2. The topological polar surface area (TPSA) is 78.4 Å². The first kappa shape index (κ1) is 16.7. The summed E-state index contributed by atoms with van der Waals surface area (Å²) in [6.45, 7) is 3.53. The number of aliphatic hydroxyl groups excluding tert-OH is 1. The molecule has 0 aliphatic rings. The molecule has 6 heteroatoms. The van der Waals surface area contributed by atoms with Gasteiger partial charge in [-0.25, -0.2) is 0 Å². The van der Waals surface area contributed by atoms with Crippen LogP contribution in [0.15, 0.2) is 28.7 Å². The summed E-state index contributed by atoms with van der Waals surface area (Å²) < 4.78 is 0.804. The molecule has 0 saturated heterocycles. The first-order valence-corrected chi connectivity index (χ1v) is 7.09. The van der Waals surface area contributed by atoms with E-state index in [9.17, 15) is 9.59 Å². The van der Waals surface area contributed by atoms with Gasteiger partial charge in [0, 0.05) is 22.2 Å². The molecular formula is C14H19BrN2O3. The first-order chi connectivity index (χ1) is 9.34. The third-order valence-electron chi connectivity index (χ3n) is 2.71. The zero-order valence-electron chi connectivity index (χ0n) is 11.6.